The lowest BCUT2D eigenvalue weighted by atomic mass is 10.1. The second-order valence-corrected chi connectivity index (χ2v) is 5.87. The Morgan fingerprint density at radius 2 is 1.64 bits per heavy atom. The highest BCUT2D eigenvalue weighted by Crippen LogP contribution is 2.27. The van der Waals surface area contributed by atoms with Crippen LogP contribution in [-0.2, 0) is 19.6 Å². The Kier molecular flexibility index (Phi) is 5.59. The molecule has 0 aliphatic rings. The van der Waals surface area contributed by atoms with Gasteiger partial charge in [0, 0.05) is 44.4 Å². The number of methoxy groups -OCH3 is 1. The van der Waals surface area contributed by atoms with E-state index in [1.165, 1.54) is 5.56 Å². The van der Waals surface area contributed by atoms with Gasteiger partial charge in [0.05, 0.1) is 7.11 Å². The highest BCUT2D eigenvalue weighted by molar-refractivity contribution is 5.41. The van der Waals surface area contributed by atoms with E-state index in [4.69, 9.17) is 4.74 Å². The fourth-order valence-corrected chi connectivity index (χ4v) is 2.76. The van der Waals surface area contributed by atoms with Crippen LogP contribution in [0.5, 0.6) is 11.5 Å². The van der Waals surface area contributed by atoms with Gasteiger partial charge in [-0.2, -0.15) is 0 Å². The Balaban J connectivity index is 1.79. The van der Waals surface area contributed by atoms with E-state index in [0.717, 1.165) is 24.2 Å². The number of ether oxygens (including phenoxy) is 1. The predicted molar refractivity (Wildman–Crippen MR) is 96.1 cm³/mol. The van der Waals surface area contributed by atoms with Gasteiger partial charge in [0.25, 0.3) is 0 Å². The first-order chi connectivity index (χ1) is 12.2. The second kappa shape index (κ2) is 8.26. The van der Waals surface area contributed by atoms with Gasteiger partial charge < -0.3 is 9.84 Å². The number of hydrogen-bond donors (Lipinski definition) is 1. The number of phenolic OH excluding ortho intramolecular Hbond substituents is 1. The zero-order valence-electron chi connectivity index (χ0n) is 14.2. The number of nitrogens with zero attached hydrogens (tertiary/aromatic N) is 3. The molecular weight excluding hydrogens is 314 g/mol. The second-order valence-electron chi connectivity index (χ2n) is 5.87. The summed E-state index contributed by atoms with van der Waals surface area (Å²) in [6.07, 6.45) is 7.26. The molecule has 0 fully saturated rings. The van der Waals surface area contributed by atoms with Crippen molar-refractivity contribution in [1.29, 1.82) is 0 Å². The van der Waals surface area contributed by atoms with E-state index in [9.17, 15) is 5.11 Å². The maximum atomic E-state index is 10.0. The van der Waals surface area contributed by atoms with Crippen molar-refractivity contribution in [2.45, 2.75) is 19.6 Å². The van der Waals surface area contributed by atoms with Gasteiger partial charge in [0.15, 0.2) is 11.5 Å². The van der Waals surface area contributed by atoms with E-state index in [0.29, 0.717) is 12.3 Å². The van der Waals surface area contributed by atoms with E-state index in [1.54, 1.807) is 37.8 Å². The normalized spacial score (nSPS) is 10.8. The molecule has 1 aromatic carbocycles. The first-order valence-electron chi connectivity index (χ1n) is 8.10. The number of rotatable bonds is 7. The Labute approximate surface area is 147 Å². The van der Waals surface area contributed by atoms with E-state index in [-0.39, 0.29) is 5.75 Å². The molecule has 1 N–H and O–H groups in total. The minimum Gasteiger partial charge on any atom is -0.504 e. The van der Waals surface area contributed by atoms with Crippen LogP contribution in [0.25, 0.3) is 0 Å². The average molecular weight is 335 g/mol. The molecule has 25 heavy (non-hydrogen) atoms. The van der Waals surface area contributed by atoms with Gasteiger partial charge in [-0.3, -0.25) is 14.9 Å². The molecular formula is C20H21N3O2. The molecule has 0 spiro atoms. The average Bonchev–Trinajstić information content (AvgIpc) is 2.63. The van der Waals surface area contributed by atoms with Gasteiger partial charge in [-0.1, -0.05) is 12.1 Å². The lowest BCUT2D eigenvalue weighted by molar-refractivity contribution is 0.247. The van der Waals surface area contributed by atoms with Crippen molar-refractivity contribution in [1.82, 2.24) is 14.9 Å². The predicted octanol–water partition coefficient (Wildman–Crippen LogP) is 3.39. The summed E-state index contributed by atoms with van der Waals surface area (Å²) < 4.78 is 5.12. The zero-order chi connectivity index (χ0) is 17.5. The number of pyridine rings is 2. The standard InChI is InChI=1S/C20H21N3O2/c1-25-20-5-4-17(11-19(20)24)14-23(13-16-6-9-21-10-7-16)15-18-3-2-8-22-12-18/h2-12,24H,13-15H2,1H3. The lowest BCUT2D eigenvalue weighted by Crippen LogP contribution is -2.22. The summed E-state index contributed by atoms with van der Waals surface area (Å²) >= 11 is 0. The molecule has 0 aliphatic carbocycles. The fraction of sp³-hybridized carbons (Fsp3) is 0.200. The molecule has 2 aromatic heterocycles. The number of aromatic hydroxyl groups is 1. The van der Waals surface area contributed by atoms with Gasteiger partial charge in [0.2, 0.25) is 0 Å². The molecule has 0 radical (unpaired) electrons. The third-order valence-corrected chi connectivity index (χ3v) is 3.93. The van der Waals surface area contributed by atoms with Crippen LogP contribution in [0.15, 0.2) is 67.3 Å². The Morgan fingerprint density at radius 1 is 0.880 bits per heavy atom. The van der Waals surface area contributed by atoms with E-state index in [2.05, 4.69) is 20.9 Å². The third-order valence-electron chi connectivity index (χ3n) is 3.93. The molecule has 0 saturated heterocycles. The molecule has 0 atom stereocenters. The highest BCUT2D eigenvalue weighted by atomic mass is 16.5. The van der Waals surface area contributed by atoms with Gasteiger partial charge in [-0.05, 0) is 47.0 Å². The van der Waals surface area contributed by atoms with Gasteiger partial charge in [-0.25, -0.2) is 0 Å². The highest BCUT2D eigenvalue weighted by Gasteiger charge is 2.10. The Hall–Kier alpha value is -2.92. The van der Waals surface area contributed by atoms with Crippen LogP contribution in [0.4, 0.5) is 0 Å². The molecule has 3 aromatic rings. The molecule has 0 aliphatic heterocycles. The molecule has 5 nitrogen and oxygen atoms in total. The molecule has 0 unspecified atom stereocenters. The molecule has 0 amide bonds. The van der Waals surface area contributed by atoms with Crippen LogP contribution in [0.2, 0.25) is 0 Å². The molecule has 128 valence electrons. The quantitative estimate of drug-likeness (QED) is 0.717. The van der Waals surface area contributed by atoms with Crippen molar-refractivity contribution in [3.8, 4) is 11.5 Å². The summed E-state index contributed by atoms with van der Waals surface area (Å²) in [5.41, 5.74) is 3.36. The number of hydrogen-bond acceptors (Lipinski definition) is 5. The minimum absolute atomic E-state index is 0.158. The van der Waals surface area contributed by atoms with Gasteiger partial charge in [0.1, 0.15) is 0 Å². The summed E-state index contributed by atoms with van der Waals surface area (Å²) in [6, 6.07) is 13.6. The summed E-state index contributed by atoms with van der Waals surface area (Å²) in [4.78, 5) is 10.6. The van der Waals surface area contributed by atoms with Crippen LogP contribution in [0.1, 0.15) is 16.7 Å². The zero-order valence-corrected chi connectivity index (χ0v) is 14.2. The number of phenols is 1. The van der Waals surface area contributed by atoms with E-state index >= 15 is 0 Å². The summed E-state index contributed by atoms with van der Waals surface area (Å²) in [7, 11) is 1.55. The topological polar surface area (TPSA) is 58.5 Å². The fourth-order valence-electron chi connectivity index (χ4n) is 2.76. The first-order valence-corrected chi connectivity index (χ1v) is 8.10. The third kappa shape index (κ3) is 4.78. The molecule has 2 heterocycles. The van der Waals surface area contributed by atoms with Crippen LogP contribution < -0.4 is 4.74 Å². The molecule has 5 heteroatoms. The van der Waals surface area contributed by atoms with Crippen molar-refractivity contribution in [3.63, 3.8) is 0 Å². The maximum Gasteiger partial charge on any atom is 0.160 e. The first kappa shape index (κ1) is 16.9. The van der Waals surface area contributed by atoms with Crippen LogP contribution in [0, 0.1) is 0 Å². The number of aromatic nitrogens is 2. The summed E-state index contributed by atoms with van der Waals surface area (Å²) in [5, 5.41) is 10.0. The van der Waals surface area contributed by atoms with Gasteiger partial charge in [-0.15, -0.1) is 0 Å². The molecule has 0 bridgehead atoms. The Morgan fingerprint density at radius 3 is 2.32 bits per heavy atom. The lowest BCUT2D eigenvalue weighted by Gasteiger charge is -2.23. The Bertz CT molecular complexity index is 753. The van der Waals surface area contributed by atoms with Gasteiger partial charge >= 0.3 is 0 Å². The minimum atomic E-state index is 0.158. The number of benzene rings is 1. The van der Waals surface area contributed by atoms with Crippen LogP contribution >= 0.6 is 0 Å². The molecule has 0 saturated carbocycles. The van der Waals surface area contributed by atoms with Crippen LogP contribution in [0.3, 0.4) is 0 Å². The van der Waals surface area contributed by atoms with Crippen molar-refractivity contribution >= 4 is 0 Å². The van der Waals surface area contributed by atoms with Crippen molar-refractivity contribution in [3.05, 3.63) is 83.9 Å². The van der Waals surface area contributed by atoms with Crippen LogP contribution in [-0.4, -0.2) is 27.1 Å². The largest absolute Gasteiger partial charge is 0.504 e. The van der Waals surface area contributed by atoms with Crippen molar-refractivity contribution < 1.29 is 9.84 Å². The van der Waals surface area contributed by atoms with E-state index in [1.807, 2.05) is 30.5 Å². The molecule has 3 rings (SSSR count). The SMILES string of the molecule is COc1ccc(CN(Cc2ccncc2)Cc2cccnc2)cc1O. The maximum absolute atomic E-state index is 10.0. The summed E-state index contributed by atoms with van der Waals surface area (Å²) in [5.74, 6) is 0.641. The van der Waals surface area contributed by atoms with Crippen molar-refractivity contribution in [2.75, 3.05) is 7.11 Å². The van der Waals surface area contributed by atoms with Crippen molar-refractivity contribution in [2.24, 2.45) is 0 Å². The summed E-state index contributed by atoms with van der Waals surface area (Å²) in [6.45, 7) is 2.25. The smallest absolute Gasteiger partial charge is 0.160 e. The van der Waals surface area contributed by atoms with E-state index < -0.39 is 0 Å². The monoisotopic (exact) mass is 335 g/mol.